The molecule has 0 aromatic rings. The molecule has 0 aromatic heterocycles. The molecule has 0 spiro atoms. The standard InChI is InChI=1S/C29H54N4O2/c1-29-13-4-7-27(29)26-10-8-22-21-23(9-11-24(22)25(26)12-14-29)35-28(34)33(20-6-16-31)19-3-2-17-32-18-5-15-30/h22-27,32H,2-21,30-31H2,1H3/p+3/t22?,23?,24?,25-,26-,27+,29+/m1/s1. The summed E-state index contributed by atoms with van der Waals surface area (Å²) in [6.07, 6.45) is 18.1. The Hall–Kier alpha value is -0.850. The second kappa shape index (κ2) is 13.1. The number of ether oxygens (including phenoxy) is 1. The molecule has 0 aliphatic heterocycles. The first-order valence-electron chi connectivity index (χ1n) is 15.4. The number of hydrogen-bond donors (Lipinski definition) is 3. The van der Waals surface area contributed by atoms with Gasteiger partial charge in [0.2, 0.25) is 0 Å². The summed E-state index contributed by atoms with van der Waals surface area (Å²) in [6.45, 7) is 8.42. The van der Waals surface area contributed by atoms with E-state index in [2.05, 4.69) is 23.7 Å². The molecule has 0 heterocycles. The monoisotopic (exact) mass is 493 g/mol. The number of nitrogens with two attached hydrogens (primary N) is 1. The topological polar surface area (TPSA) is 101 Å². The predicted molar refractivity (Wildman–Crippen MR) is 139 cm³/mol. The van der Waals surface area contributed by atoms with Gasteiger partial charge in [0, 0.05) is 25.9 Å². The molecule has 3 unspecified atom stereocenters. The molecule has 202 valence electrons. The van der Waals surface area contributed by atoms with E-state index in [1.54, 1.807) is 0 Å². The largest absolute Gasteiger partial charge is 0.446 e. The van der Waals surface area contributed by atoms with E-state index >= 15 is 0 Å². The zero-order chi connectivity index (χ0) is 24.7. The maximum Gasteiger partial charge on any atom is 0.410 e. The molecule has 4 saturated carbocycles. The molecule has 35 heavy (non-hydrogen) atoms. The summed E-state index contributed by atoms with van der Waals surface area (Å²) in [5.41, 5.74) is 8.55. The van der Waals surface area contributed by atoms with Crippen molar-refractivity contribution >= 4 is 6.09 Å². The Morgan fingerprint density at radius 1 is 0.886 bits per heavy atom. The van der Waals surface area contributed by atoms with Gasteiger partial charge in [-0.25, -0.2) is 4.79 Å². The van der Waals surface area contributed by atoms with Gasteiger partial charge in [-0.1, -0.05) is 13.3 Å². The van der Waals surface area contributed by atoms with E-state index in [9.17, 15) is 4.79 Å². The Kier molecular flexibility index (Phi) is 10.2. The minimum absolute atomic E-state index is 0.0592. The number of fused-ring (bicyclic) bond motifs is 5. The third-order valence-corrected chi connectivity index (χ3v) is 10.6. The molecule has 8 N–H and O–H groups in total. The van der Waals surface area contributed by atoms with Crippen molar-refractivity contribution < 1.29 is 26.3 Å². The molecule has 0 radical (unpaired) electrons. The second-order valence-corrected chi connectivity index (χ2v) is 12.8. The SMILES string of the molecule is C[C@@]12CCC[C@H]1[C@@H]1CCC3CC(OC(=O)N(CCC[NH3+])CCCC[NH2+]CCC[NH3+])CCC3[C@H]1CC2. The van der Waals surface area contributed by atoms with E-state index in [1.165, 1.54) is 64.3 Å². The summed E-state index contributed by atoms with van der Waals surface area (Å²) < 4.78 is 6.18. The number of nitrogens with zero attached hydrogens (tertiary/aromatic N) is 1. The van der Waals surface area contributed by atoms with Crippen LogP contribution in [0.2, 0.25) is 0 Å². The average Bonchev–Trinajstić information content (AvgIpc) is 3.26. The molecule has 4 fully saturated rings. The summed E-state index contributed by atoms with van der Waals surface area (Å²) in [5, 5.41) is 2.39. The maximum absolute atomic E-state index is 13.1. The van der Waals surface area contributed by atoms with Crippen LogP contribution < -0.4 is 16.8 Å². The quantitative estimate of drug-likeness (QED) is 0.364. The Bertz CT molecular complexity index is 661. The van der Waals surface area contributed by atoms with Crippen molar-refractivity contribution in [3.05, 3.63) is 0 Å². The van der Waals surface area contributed by atoms with E-state index < -0.39 is 0 Å². The zero-order valence-corrected chi connectivity index (χ0v) is 22.9. The van der Waals surface area contributed by atoms with Gasteiger partial charge in [0.15, 0.2) is 0 Å². The van der Waals surface area contributed by atoms with Gasteiger partial charge in [-0.2, -0.15) is 0 Å². The summed E-state index contributed by atoms with van der Waals surface area (Å²) >= 11 is 0. The lowest BCUT2D eigenvalue weighted by molar-refractivity contribution is -0.657. The van der Waals surface area contributed by atoms with Gasteiger partial charge < -0.3 is 26.4 Å². The summed E-state index contributed by atoms with van der Waals surface area (Å²) in [5.74, 6) is 4.64. The number of quaternary nitrogens is 3. The minimum atomic E-state index is -0.0592. The van der Waals surface area contributed by atoms with Crippen LogP contribution in [0.15, 0.2) is 0 Å². The van der Waals surface area contributed by atoms with E-state index in [4.69, 9.17) is 4.74 Å². The second-order valence-electron chi connectivity index (χ2n) is 12.8. The summed E-state index contributed by atoms with van der Waals surface area (Å²) in [6, 6.07) is 0. The van der Waals surface area contributed by atoms with Crippen molar-refractivity contribution in [1.82, 2.24) is 4.90 Å². The lowest BCUT2D eigenvalue weighted by Crippen LogP contribution is -2.84. The molecule has 4 rings (SSSR count). The number of hydrogen-bond acceptors (Lipinski definition) is 2. The predicted octanol–water partition coefficient (Wildman–Crippen LogP) is 2.44. The van der Waals surface area contributed by atoms with Crippen molar-refractivity contribution in [2.45, 2.75) is 103 Å². The highest BCUT2D eigenvalue weighted by Crippen LogP contribution is 2.62. The van der Waals surface area contributed by atoms with Gasteiger partial charge in [-0.05, 0) is 106 Å². The van der Waals surface area contributed by atoms with Crippen LogP contribution in [0.3, 0.4) is 0 Å². The molecular formula is C29H57N4O2+3. The van der Waals surface area contributed by atoms with Crippen LogP contribution in [0.25, 0.3) is 0 Å². The molecule has 6 nitrogen and oxygen atoms in total. The Labute approximate surface area is 214 Å². The Balaban J connectivity index is 1.23. The van der Waals surface area contributed by atoms with E-state index in [1.807, 2.05) is 4.90 Å². The van der Waals surface area contributed by atoms with Gasteiger partial charge in [0.05, 0.1) is 26.2 Å². The first-order valence-corrected chi connectivity index (χ1v) is 15.4. The molecule has 7 atom stereocenters. The van der Waals surface area contributed by atoms with Crippen LogP contribution in [0, 0.1) is 35.0 Å². The van der Waals surface area contributed by atoms with E-state index in [0.29, 0.717) is 5.41 Å². The molecule has 0 aromatic carbocycles. The van der Waals surface area contributed by atoms with Crippen molar-refractivity contribution in [3.63, 3.8) is 0 Å². The van der Waals surface area contributed by atoms with Gasteiger partial charge in [-0.15, -0.1) is 0 Å². The minimum Gasteiger partial charge on any atom is -0.446 e. The lowest BCUT2D eigenvalue weighted by Gasteiger charge is -2.55. The van der Waals surface area contributed by atoms with Gasteiger partial charge >= 0.3 is 6.09 Å². The fourth-order valence-electron chi connectivity index (χ4n) is 8.75. The fourth-order valence-corrected chi connectivity index (χ4v) is 8.75. The summed E-state index contributed by atoms with van der Waals surface area (Å²) in [4.78, 5) is 15.1. The molecule has 1 amide bonds. The lowest BCUT2D eigenvalue weighted by atomic mass is 9.50. The first kappa shape index (κ1) is 27.2. The van der Waals surface area contributed by atoms with Crippen molar-refractivity contribution in [3.8, 4) is 0 Å². The van der Waals surface area contributed by atoms with Crippen LogP contribution in [0.5, 0.6) is 0 Å². The van der Waals surface area contributed by atoms with Crippen LogP contribution in [0.4, 0.5) is 4.79 Å². The third kappa shape index (κ3) is 6.73. The maximum atomic E-state index is 13.1. The van der Waals surface area contributed by atoms with Crippen molar-refractivity contribution in [1.29, 1.82) is 0 Å². The highest BCUT2D eigenvalue weighted by Gasteiger charge is 2.53. The summed E-state index contributed by atoms with van der Waals surface area (Å²) in [7, 11) is 0. The van der Waals surface area contributed by atoms with Crippen LogP contribution in [-0.4, -0.2) is 56.4 Å². The molecule has 0 saturated heterocycles. The van der Waals surface area contributed by atoms with Gasteiger partial charge in [0.1, 0.15) is 6.10 Å². The fraction of sp³-hybridized carbons (Fsp3) is 0.966. The van der Waals surface area contributed by atoms with Crippen LogP contribution in [-0.2, 0) is 4.74 Å². The molecular weight excluding hydrogens is 436 g/mol. The van der Waals surface area contributed by atoms with Crippen molar-refractivity contribution in [2.75, 3.05) is 39.3 Å². The zero-order valence-electron chi connectivity index (χ0n) is 22.9. The molecule has 4 aliphatic carbocycles. The Morgan fingerprint density at radius 3 is 2.49 bits per heavy atom. The Morgan fingerprint density at radius 2 is 1.66 bits per heavy atom. The molecule has 0 bridgehead atoms. The van der Waals surface area contributed by atoms with Crippen LogP contribution >= 0.6 is 0 Å². The number of carbonyl (C=O) groups excluding carboxylic acids is 1. The van der Waals surface area contributed by atoms with Gasteiger partial charge in [-0.3, -0.25) is 0 Å². The van der Waals surface area contributed by atoms with Crippen LogP contribution in [0.1, 0.15) is 96.8 Å². The number of carbonyl (C=O) groups is 1. The molecule has 4 aliphatic rings. The highest BCUT2D eigenvalue weighted by molar-refractivity contribution is 5.67. The third-order valence-electron chi connectivity index (χ3n) is 10.6. The highest BCUT2D eigenvalue weighted by atomic mass is 16.6. The van der Waals surface area contributed by atoms with E-state index in [-0.39, 0.29) is 12.2 Å². The van der Waals surface area contributed by atoms with E-state index in [0.717, 1.165) is 94.4 Å². The number of rotatable bonds is 12. The normalized spacial score (nSPS) is 36.2. The average molecular weight is 494 g/mol. The van der Waals surface area contributed by atoms with Crippen molar-refractivity contribution in [2.24, 2.45) is 35.0 Å². The first-order chi connectivity index (χ1) is 17.1. The number of amides is 1. The molecule has 6 heteroatoms. The van der Waals surface area contributed by atoms with Gasteiger partial charge in [0.25, 0.3) is 0 Å². The smallest absolute Gasteiger partial charge is 0.410 e. The number of unbranched alkanes of at least 4 members (excludes halogenated alkanes) is 1.